The van der Waals surface area contributed by atoms with E-state index in [0.29, 0.717) is 11.3 Å². The molecule has 42 heavy (non-hydrogen) atoms. The third-order valence-corrected chi connectivity index (χ3v) is 5.93. The number of anilines is 3. The third-order valence-electron chi connectivity index (χ3n) is 5.93. The second kappa shape index (κ2) is 13.7. The molecule has 4 aromatic rings. The van der Waals surface area contributed by atoms with Crippen molar-refractivity contribution in [1.29, 1.82) is 0 Å². The van der Waals surface area contributed by atoms with E-state index in [1.807, 2.05) is 19.1 Å². The lowest BCUT2D eigenvalue weighted by molar-refractivity contribution is -0.119. The van der Waals surface area contributed by atoms with Gasteiger partial charge in [0.2, 0.25) is 0 Å². The van der Waals surface area contributed by atoms with Crippen LogP contribution in [-0.4, -0.2) is 31.4 Å². The zero-order chi connectivity index (χ0) is 30.1. The highest BCUT2D eigenvalue weighted by Crippen LogP contribution is 2.29. The quantitative estimate of drug-likeness (QED) is 0.124. The molecule has 4 rings (SSSR count). The minimum Gasteiger partial charge on any atom is -0.493 e. The first-order valence-corrected chi connectivity index (χ1v) is 12.7. The highest BCUT2D eigenvalue weighted by atomic mass is 19.1. The lowest BCUT2D eigenvalue weighted by Crippen LogP contribution is -2.26. The zero-order valence-corrected chi connectivity index (χ0v) is 22.7. The van der Waals surface area contributed by atoms with Gasteiger partial charge in [0, 0.05) is 5.69 Å². The fraction of sp³-hybridized carbons (Fsp3) is 0.0938. The van der Waals surface area contributed by atoms with Gasteiger partial charge in [-0.3, -0.25) is 14.4 Å². The maximum Gasteiger partial charge on any atom is 0.262 e. The smallest absolute Gasteiger partial charge is 0.262 e. The van der Waals surface area contributed by atoms with E-state index in [9.17, 15) is 23.2 Å². The highest BCUT2D eigenvalue weighted by Gasteiger charge is 2.21. The van der Waals surface area contributed by atoms with Crippen molar-refractivity contribution in [2.45, 2.75) is 6.92 Å². The molecule has 0 saturated heterocycles. The van der Waals surface area contributed by atoms with Gasteiger partial charge in [0.1, 0.15) is 17.2 Å². The SMILES string of the molecule is COc1cc(C=C(C(=O)Nc2ccccc2F)C(=O)Nc2ccccc2F)ccc1OCC(=O)Nc1ccc(C)cc1. The molecule has 4 aromatic carbocycles. The van der Waals surface area contributed by atoms with Crippen LogP contribution in [0.5, 0.6) is 11.5 Å². The molecule has 0 spiro atoms. The Labute approximate surface area is 241 Å². The van der Waals surface area contributed by atoms with Crippen LogP contribution in [0.2, 0.25) is 0 Å². The van der Waals surface area contributed by atoms with Crippen LogP contribution in [0, 0.1) is 18.6 Å². The fourth-order valence-corrected chi connectivity index (χ4v) is 3.78. The van der Waals surface area contributed by atoms with Gasteiger partial charge in [-0.15, -0.1) is 0 Å². The molecule has 0 aliphatic rings. The van der Waals surface area contributed by atoms with Gasteiger partial charge in [-0.2, -0.15) is 0 Å². The Kier molecular flexibility index (Phi) is 9.62. The number of benzene rings is 4. The summed E-state index contributed by atoms with van der Waals surface area (Å²) >= 11 is 0. The van der Waals surface area contributed by atoms with Crippen molar-refractivity contribution >= 4 is 40.9 Å². The third kappa shape index (κ3) is 7.79. The zero-order valence-electron chi connectivity index (χ0n) is 22.7. The number of amides is 3. The average molecular weight is 572 g/mol. The van der Waals surface area contributed by atoms with Crippen LogP contribution in [0.25, 0.3) is 6.08 Å². The predicted octanol–water partition coefficient (Wildman–Crippen LogP) is 5.96. The van der Waals surface area contributed by atoms with Crippen molar-refractivity contribution < 1.29 is 32.6 Å². The standard InChI is InChI=1S/C32H27F2N3O5/c1-20-11-14-22(15-12-20)35-30(38)19-42-28-16-13-21(18-29(28)41-2)17-23(31(39)36-26-9-5-3-7-24(26)33)32(40)37-27-10-6-4-8-25(27)34/h3-18H,19H2,1-2H3,(H,35,38)(H,36,39)(H,37,40). The number of carbonyl (C=O) groups excluding carboxylic acids is 3. The Bertz CT molecular complexity index is 1580. The summed E-state index contributed by atoms with van der Waals surface area (Å²) in [5.41, 5.74) is 1.30. The first kappa shape index (κ1) is 29.5. The molecule has 0 aromatic heterocycles. The molecule has 8 nitrogen and oxygen atoms in total. The molecular formula is C32H27F2N3O5. The predicted molar refractivity (Wildman–Crippen MR) is 156 cm³/mol. The minimum absolute atomic E-state index is 0.141. The molecule has 0 aliphatic heterocycles. The molecule has 0 bridgehead atoms. The Morgan fingerprint density at radius 2 is 1.31 bits per heavy atom. The van der Waals surface area contributed by atoms with E-state index in [1.54, 1.807) is 12.1 Å². The van der Waals surface area contributed by atoms with Crippen LogP contribution in [0.15, 0.2) is 96.6 Å². The van der Waals surface area contributed by atoms with Gasteiger partial charge >= 0.3 is 0 Å². The molecular weight excluding hydrogens is 544 g/mol. The Balaban J connectivity index is 1.56. The summed E-state index contributed by atoms with van der Waals surface area (Å²) in [6.07, 6.45) is 1.24. The van der Waals surface area contributed by atoms with Crippen molar-refractivity contribution in [3.63, 3.8) is 0 Å². The van der Waals surface area contributed by atoms with Crippen molar-refractivity contribution in [3.05, 3.63) is 119 Å². The summed E-state index contributed by atoms with van der Waals surface area (Å²) in [6, 6.07) is 22.7. The summed E-state index contributed by atoms with van der Waals surface area (Å²) in [4.78, 5) is 38.7. The second-order valence-electron chi connectivity index (χ2n) is 9.04. The van der Waals surface area contributed by atoms with E-state index < -0.39 is 29.0 Å². The number of para-hydroxylation sites is 2. The number of halogens is 2. The van der Waals surface area contributed by atoms with Crippen molar-refractivity contribution in [2.75, 3.05) is 29.7 Å². The van der Waals surface area contributed by atoms with Crippen molar-refractivity contribution in [1.82, 2.24) is 0 Å². The first-order valence-electron chi connectivity index (χ1n) is 12.7. The van der Waals surface area contributed by atoms with Gasteiger partial charge in [-0.25, -0.2) is 8.78 Å². The van der Waals surface area contributed by atoms with E-state index in [1.165, 1.54) is 67.8 Å². The topological polar surface area (TPSA) is 106 Å². The van der Waals surface area contributed by atoms with Crippen LogP contribution in [0.3, 0.4) is 0 Å². The van der Waals surface area contributed by atoms with E-state index in [-0.39, 0.29) is 35.4 Å². The van der Waals surface area contributed by atoms with Crippen LogP contribution in [-0.2, 0) is 14.4 Å². The van der Waals surface area contributed by atoms with Gasteiger partial charge in [0.15, 0.2) is 18.1 Å². The molecule has 0 saturated carbocycles. The Morgan fingerprint density at radius 3 is 1.86 bits per heavy atom. The number of aryl methyl sites for hydroxylation is 1. The molecule has 214 valence electrons. The highest BCUT2D eigenvalue weighted by molar-refractivity contribution is 6.28. The van der Waals surface area contributed by atoms with Gasteiger partial charge in [-0.1, -0.05) is 48.0 Å². The normalized spacial score (nSPS) is 10.3. The summed E-state index contributed by atoms with van der Waals surface area (Å²) in [7, 11) is 1.39. The van der Waals surface area contributed by atoms with Crippen LogP contribution in [0.4, 0.5) is 25.8 Å². The van der Waals surface area contributed by atoms with Gasteiger partial charge in [-0.05, 0) is 67.1 Å². The summed E-state index contributed by atoms with van der Waals surface area (Å²) < 4.78 is 39.4. The summed E-state index contributed by atoms with van der Waals surface area (Å²) in [5, 5.41) is 7.47. The summed E-state index contributed by atoms with van der Waals surface area (Å²) in [5.74, 6) is -3.19. The minimum atomic E-state index is -0.930. The van der Waals surface area contributed by atoms with Crippen molar-refractivity contribution in [2.24, 2.45) is 0 Å². The molecule has 0 heterocycles. The van der Waals surface area contributed by atoms with E-state index >= 15 is 0 Å². The van der Waals surface area contributed by atoms with Gasteiger partial charge in [0.05, 0.1) is 18.5 Å². The number of methoxy groups -OCH3 is 1. The van der Waals surface area contributed by atoms with Crippen molar-refractivity contribution in [3.8, 4) is 11.5 Å². The lowest BCUT2D eigenvalue weighted by atomic mass is 10.1. The molecule has 0 aliphatic carbocycles. The molecule has 3 amide bonds. The molecule has 0 atom stereocenters. The number of hydrogen-bond donors (Lipinski definition) is 3. The number of rotatable bonds is 10. The largest absolute Gasteiger partial charge is 0.493 e. The van der Waals surface area contributed by atoms with Crippen LogP contribution < -0.4 is 25.4 Å². The van der Waals surface area contributed by atoms with E-state index in [0.717, 1.165) is 17.7 Å². The molecule has 3 N–H and O–H groups in total. The van der Waals surface area contributed by atoms with Crippen LogP contribution >= 0.6 is 0 Å². The van der Waals surface area contributed by atoms with Gasteiger partial charge < -0.3 is 25.4 Å². The van der Waals surface area contributed by atoms with Crippen LogP contribution in [0.1, 0.15) is 11.1 Å². The number of nitrogens with one attached hydrogen (secondary N) is 3. The number of hydrogen-bond acceptors (Lipinski definition) is 5. The summed E-state index contributed by atoms with van der Waals surface area (Å²) in [6.45, 7) is 1.63. The maximum atomic E-state index is 14.2. The Hall–Kier alpha value is -5.51. The lowest BCUT2D eigenvalue weighted by Gasteiger charge is -2.13. The molecule has 10 heteroatoms. The molecule has 0 radical (unpaired) electrons. The monoisotopic (exact) mass is 571 g/mol. The second-order valence-corrected chi connectivity index (χ2v) is 9.04. The molecule has 0 unspecified atom stereocenters. The Morgan fingerprint density at radius 1 is 0.738 bits per heavy atom. The van der Waals surface area contributed by atoms with Gasteiger partial charge in [0.25, 0.3) is 17.7 Å². The fourth-order valence-electron chi connectivity index (χ4n) is 3.78. The maximum absolute atomic E-state index is 14.2. The first-order chi connectivity index (χ1) is 20.2. The average Bonchev–Trinajstić information content (AvgIpc) is 2.98. The molecule has 0 fully saturated rings. The number of carbonyl (C=O) groups is 3. The van der Waals surface area contributed by atoms with E-state index in [2.05, 4.69) is 16.0 Å². The number of ether oxygens (including phenoxy) is 2. The van der Waals surface area contributed by atoms with E-state index in [4.69, 9.17) is 9.47 Å².